The zero-order valence-corrected chi connectivity index (χ0v) is 20.6. The molecule has 1 amide bonds. The van der Waals surface area contributed by atoms with Gasteiger partial charge in [-0.25, -0.2) is 9.37 Å². The van der Waals surface area contributed by atoms with Gasteiger partial charge >= 0.3 is 0 Å². The quantitative estimate of drug-likeness (QED) is 0.410. The molecule has 0 unspecified atom stereocenters. The number of nitrogens with one attached hydrogen (secondary N) is 1. The fourth-order valence-corrected chi connectivity index (χ4v) is 4.65. The first-order valence-electron chi connectivity index (χ1n) is 11.8. The number of hydrogen-bond acceptors (Lipinski definition) is 5. The van der Waals surface area contributed by atoms with E-state index < -0.39 is 0 Å². The van der Waals surface area contributed by atoms with Crippen LogP contribution >= 0.6 is 11.6 Å². The van der Waals surface area contributed by atoms with Crippen molar-refractivity contribution in [1.82, 2.24) is 19.5 Å². The third kappa shape index (κ3) is 5.24. The Morgan fingerprint density at radius 2 is 1.75 bits per heavy atom. The molecule has 5 rings (SSSR count). The van der Waals surface area contributed by atoms with Crippen molar-refractivity contribution in [3.8, 4) is 11.3 Å². The van der Waals surface area contributed by atoms with Crippen LogP contribution in [-0.2, 0) is 6.54 Å². The Balaban J connectivity index is 1.38. The van der Waals surface area contributed by atoms with Crippen LogP contribution in [0.1, 0.15) is 21.7 Å². The highest BCUT2D eigenvalue weighted by Crippen LogP contribution is 2.30. The van der Waals surface area contributed by atoms with Crippen molar-refractivity contribution in [3.63, 3.8) is 0 Å². The standard InChI is InChI=1S/C27H26ClFN6O/c1-19-16-21(18-33-12-14-34(15-13-33)24-8-6-23(29)7-9-24)26(20-2-4-22(28)5-3-20)35(19)32-27(36)25-17-30-10-11-31-25/h2-11,16-17H,12-15,18H2,1H3,(H,32,36). The van der Waals surface area contributed by atoms with Gasteiger partial charge in [0.15, 0.2) is 0 Å². The average Bonchev–Trinajstić information content (AvgIpc) is 3.20. The summed E-state index contributed by atoms with van der Waals surface area (Å²) in [5, 5.41) is 0.649. The molecular formula is C27H26ClFN6O. The molecule has 4 aromatic rings. The van der Waals surface area contributed by atoms with E-state index >= 15 is 0 Å². The second-order valence-electron chi connectivity index (χ2n) is 8.77. The first-order chi connectivity index (χ1) is 17.5. The van der Waals surface area contributed by atoms with Crippen LogP contribution in [0.2, 0.25) is 5.02 Å². The van der Waals surface area contributed by atoms with Crippen molar-refractivity contribution in [3.05, 3.63) is 101 Å². The summed E-state index contributed by atoms with van der Waals surface area (Å²) in [4.78, 5) is 25.7. The third-order valence-corrected chi connectivity index (χ3v) is 6.60. The second-order valence-corrected chi connectivity index (χ2v) is 9.21. The maximum atomic E-state index is 13.3. The summed E-state index contributed by atoms with van der Waals surface area (Å²) in [6, 6.07) is 16.4. The van der Waals surface area contributed by atoms with Gasteiger partial charge in [-0.3, -0.25) is 24.8 Å². The number of rotatable bonds is 6. The number of aryl methyl sites for hydroxylation is 1. The van der Waals surface area contributed by atoms with Gasteiger partial charge in [-0.2, -0.15) is 0 Å². The monoisotopic (exact) mass is 504 g/mol. The second kappa shape index (κ2) is 10.5. The zero-order valence-electron chi connectivity index (χ0n) is 19.9. The molecule has 184 valence electrons. The van der Waals surface area contributed by atoms with Gasteiger partial charge in [0.25, 0.3) is 5.91 Å². The van der Waals surface area contributed by atoms with Crippen molar-refractivity contribution in [2.75, 3.05) is 36.5 Å². The largest absolute Gasteiger partial charge is 0.369 e. The van der Waals surface area contributed by atoms with Crippen LogP contribution in [0.4, 0.5) is 10.1 Å². The molecule has 0 atom stereocenters. The molecule has 0 radical (unpaired) electrons. The van der Waals surface area contributed by atoms with E-state index in [4.69, 9.17) is 11.6 Å². The van der Waals surface area contributed by atoms with E-state index in [1.54, 1.807) is 0 Å². The topological polar surface area (TPSA) is 66.3 Å². The Bertz CT molecular complexity index is 1330. The first-order valence-corrected chi connectivity index (χ1v) is 12.1. The number of halogens is 2. The summed E-state index contributed by atoms with van der Waals surface area (Å²) in [5.74, 6) is -0.560. The lowest BCUT2D eigenvalue weighted by Gasteiger charge is -2.36. The maximum Gasteiger partial charge on any atom is 0.290 e. The average molecular weight is 505 g/mol. The third-order valence-electron chi connectivity index (χ3n) is 6.35. The zero-order chi connectivity index (χ0) is 25.1. The minimum atomic E-state index is -0.337. The number of carbonyl (C=O) groups is 1. The van der Waals surface area contributed by atoms with E-state index in [-0.39, 0.29) is 17.4 Å². The molecule has 0 spiro atoms. The van der Waals surface area contributed by atoms with Gasteiger partial charge in [0.1, 0.15) is 11.5 Å². The minimum Gasteiger partial charge on any atom is -0.369 e. The fourth-order valence-electron chi connectivity index (χ4n) is 4.52. The molecule has 0 aliphatic carbocycles. The molecule has 7 nitrogen and oxygen atoms in total. The van der Waals surface area contributed by atoms with Gasteiger partial charge < -0.3 is 4.90 Å². The normalized spacial score (nSPS) is 14.1. The van der Waals surface area contributed by atoms with Gasteiger partial charge in [0, 0.05) is 67.1 Å². The van der Waals surface area contributed by atoms with E-state index in [0.29, 0.717) is 5.02 Å². The van der Waals surface area contributed by atoms with Crippen LogP contribution in [0.5, 0.6) is 0 Å². The Morgan fingerprint density at radius 3 is 2.42 bits per heavy atom. The first kappa shape index (κ1) is 24.0. The van der Waals surface area contributed by atoms with E-state index in [9.17, 15) is 9.18 Å². The summed E-state index contributed by atoms with van der Waals surface area (Å²) in [5.41, 5.74) is 8.12. The number of benzene rings is 2. The van der Waals surface area contributed by atoms with Gasteiger partial charge in [0.05, 0.1) is 11.9 Å². The van der Waals surface area contributed by atoms with Crippen LogP contribution in [-0.4, -0.2) is 51.6 Å². The van der Waals surface area contributed by atoms with Crippen LogP contribution in [0.3, 0.4) is 0 Å². The van der Waals surface area contributed by atoms with Crippen LogP contribution in [0.15, 0.2) is 73.2 Å². The molecule has 0 bridgehead atoms. The number of carbonyl (C=O) groups excluding carboxylic acids is 1. The number of piperazine rings is 1. The summed E-state index contributed by atoms with van der Waals surface area (Å²) in [7, 11) is 0. The van der Waals surface area contributed by atoms with E-state index in [1.807, 2.05) is 48.0 Å². The van der Waals surface area contributed by atoms with Gasteiger partial charge in [-0.05, 0) is 55.0 Å². The summed E-state index contributed by atoms with van der Waals surface area (Å²) >= 11 is 6.15. The Kier molecular flexibility index (Phi) is 6.97. The predicted molar refractivity (Wildman–Crippen MR) is 139 cm³/mol. The highest BCUT2D eigenvalue weighted by atomic mass is 35.5. The highest BCUT2D eigenvalue weighted by Gasteiger charge is 2.22. The van der Waals surface area contributed by atoms with E-state index in [2.05, 4.69) is 31.3 Å². The predicted octanol–water partition coefficient (Wildman–Crippen LogP) is 4.75. The molecular weight excluding hydrogens is 479 g/mol. The van der Waals surface area contributed by atoms with Crippen molar-refractivity contribution >= 4 is 23.2 Å². The molecule has 9 heteroatoms. The lowest BCUT2D eigenvalue weighted by Crippen LogP contribution is -2.46. The van der Waals surface area contributed by atoms with Gasteiger partial charge in [0.2, 0.25) is 0 Å². The van der Waals surface area contributed by atoms with Crippen molar-refractivity contribution < 1.29 is 9.18 Å². The molecule has 1 N–H and O–H groups in total. The molecule has 1 saturated heterocycles. The summed E-state index contributed by atoms with van der Waals surface area (Å²) in [6.45, 7) is 6.13. The Labute approximate surface area is 214 Å². The Morgan fingerprint density at radius 1 is 1.03 bits per heavy atom. The number of amides is 1. The number of aromatic nitrogens is 3. The van der Waals surface area contributed by atoms with Crippen LogP contribution in [0.25, 0.3) is 11.3 Å². The lowest BCUT2D eigenvalue weighted by molar-refractivity contribution is 0.100. The number of nitrogens with zero attached hydrogens (tertiary/aromatic N) is 5. The highest BCUT2D eigenvalue weighted by molar-refractivity contribution is 6.30. The van der Waals surface area contributed by atoms with Crippen molar-refractivity contribution in [2.24, 2.45) is 0 Å². The number of anilines is 1. The molecule has 1 aliphatic heterocycles. The Hall–Kier alpha value is -3.75. The van der Waals surface area contributed by atoms with Crippen LogP contribution < -0.4 is 10.3 Å². The van der Waals surface area contributed by atoms with Crippen molar-refractivity contribution in [1.29, 1.82) is 0 Å². The minimum absolute atomic E-state index is 0.224. The maximum absolute atomic E-state index is 13.3. The molecule has 1 aliphatic rings. The molecule has 2 aromatic heterocycles. The fraction of sp³-hybridized carbons (Fsp3) is 0.222. The van der Waals surface area contributed by atoms with Gasteiger partial charge in [-0.15, -0.1) is 0 Å². The van der Waals surface area contributed by atoms with Crippen molar-refractivity contribution in [2.45, 2.75) is 13.5 Å². The van der Waals surface area contributed by atoms with E-state index in [0.717, 1.165) is 60.9 Å². The molecule has 3 heterocycles. The molecule has 0 saturated carbocycles. The summed E-state index contributed by atoms with van der Waals surface area (Å²) < 4.78 is 15.1. The van der Waals surface area contributed by atoms with Crippen LogP contribution in [0, 0.1) is 12.7 Å². The summed E-state index contributed by atoms with van der Waals surface area (Å²) in [6.07, 6.45) is 4.47. The van der Waals surface area contributed by atoms with E-state index in [1.165, 1.54) is 30.7 Å². The lowest BCUT2D eigenvalue weighted by atomic mass is 10.1. The SMILES string of the molecule is Cc1cc(CN2CCN(c3ccc(F)cc3)CC2)c(-c2ccc(Cl)cc2)n1NC(=O)c1cnccn1. The molecule has 1 fully saturated rings. The molecule has 36 heavy (non-hydrogen) atoms. The molecule has 2 aromatic carbocycles. The number of hydrogen-bond donors (Lipinski definition) is 1. The smallest absolute Gasteiger partial charge is 0.290 e. The van der Waals surface area contributed by atoms with Gasteiger partial charge in [-0.1, -0.05) is 23.7 Å².